The number of hydrogen-bond donors (Lipinski definition) is 1. The number of halogens is 1. The summed E-state index contributed by atoms with van der Waals surface area (Å²) in [6.45, 7) is 1.49. The zero-order valence-corrected chi connectivity index (χ0v) is 23.1. The van der Waals surface area contributed by atoms with E-state index < -0.39 is 34.5 Å². The van der Waals surface area contributed by atoms with E-state index in [0.29, 0.717) is 23.1 Å². The Hall–Kier alpha value is -4.68. The van der Waals surface area contributed by atoms with Gasteiger partial charge in [0.25, 0.3) is 16.8 Å². The number of rotatable bonds is 10. The Labute approximate surface area is 243 Å². The van der Waals surface area contributed by atoms with Gasteiger partial charge in [0.05, 0.1) is 27.0 Å². The number of non-ortho nitro benzene ring substituents is 1. The molecule has 3 amide bonds. The zero-order chi connectivity index (χ0) is 29.5. The SMILES string of the molecule is CCOC(=O)c1cc(NC(=O)CN2C(=O)S/C(=C/c3ccc(OCc4ccc([N+](=O)[O-])cc4)cc3)C2=O)ccc1Cl. The Balaban J connectivity index is 1.34. The van der Waals surface area contributed by atoms with Crippen molar-refractivity contribution in [1.29, 1.82) is 0 Å². The predicted octanol–water partition coefficient (Wildman–Crippen LogP) is 5.68. The molecule has 1 aliphatic rings. The maximum Gasteiger partial charge on any atom is 0.339 e. The average Bonchev–Trinajstić information content (AvgIpc) is 3.21. The Morgan fingerprint density at radius 1 is 1.07 bits per heavy atom. The molecule has 0 radical (unpaired) electrons. The molecule has 1 saturated heterocycles. The van der Waals surface area contributed by atoms with E-state index in [1.165, 1.54) is 36.4 Å². The van der Waals surface area contributed by atoms with Gasteiger partial charge in [0, 0.05) is 17.8 Å². The van der Waals surface area contributed by atoms with Gasteiger partial charge in [-0.2, -0.15) is 0 Å². The standard InChI is InChI=1S/C28H22ClN3O8S/c1-2-39-27(35)22-14-19(7-12-23(22)29)30-25(33)15-31-26(34)24(41-28(31)36)13-17-5-10-21(11-6-17)40-16-18-3-8-20(9-4-18)32(37)38/h3-14H,2,15-16H2,1H3,(H,30,33)/b24-13+. The third-order valence-electron chi connectivity index (χ3n) is 5.65. The summed E-state index contributed by atoms with van der Waals surface area (Å²) in [6.07, 6.45) is 1.54. The molecule has 1 N–H and O–H groups in total. The number of nitro groups is 1. The molecule has 0 atom stereocenters. The van der Waals surface area contributed by atoms with Gasteiger partial charge < -0.3 is 14.8 Å². The van der Waals surface area contributed by atoms with Crippen molar-refractivity contribution in [3.05, 3.63) is 103 Å². The van der Waals surface area contributed by atoms with Gasteiger partial charge in [-0.1, -0.05) is 23.7 Å². The van der Waals surface area contributed by atoms with Crippen LogP contribution in [0.2, 0.25) is 5.02 Å². The second-order valence-electron chi connectivity index (χ2n) is 8.51. The number of esters is 1. The van der Waals surface area contributed by atoms with Gasteiger partial charge in [-0.15, -0.1) is 0 Å². The van der Waals surface area contributed by atoms with Crippen molar-refractivity contribution in [3.63, 3.8) is 0 Å². The van der Waals surface area contributed by atoms with Gasteiger partial charge in [0.15, 0.2) is 0 Å². The summed E-state index contributed by atoms with van der Waals surface area (Å²) in [5.74, 6) is -1.36. The molecule has 11 nitrogen and oxygen atoms in total. The van der Waals surface area contributed by atoms with Crippen molar-refractivity contribution in [2.24, 2.45) is 0 Å². The summed E-state index contributed by atoms with van der Waals surface area (Å²) in [7, 11) is 0. The first-order valence-corrected chi connectivity index (χ1v) is 13.3. The number of amides is 3. The van der Waals surface area contributed by atoms with Gasteiger partial charge in [-0.3, -0.25) is 29.4 Å². The number of thioether (sulfide) groups is 1. The fraction of sp³-hybridized carbons (Fsp3) is 0.143. The Morgan fingerprint density at radius 2 is 1.78 bits per heavy atom. The van der Waals surface area contributed by atoms with Crippen LogP contribution in [0.5, 0.6) is 5.75 Å². The van der Waals surface area contributed by atoms with Crippen LogP contribution in [0.3, 0.4) is 0 Å². The fourth-order valence-corrected chi connectivity index (χ4v) is 4.67. The average molecular weight is 596 g/mol. The molecule has 0 bridgehead atoms. The molecular weight excluding hydrogens is 574 g/mol. The molecule has 1 fully saturated rings. The first kappa shape index (κ1) is 29.3. The molecule has 3 aromatic rings. The summed E-state index contributed by atoms with van der Waals surface area (Å²) in [5.41, 5.74) is 1.71. The molecule has 13 heteroatoms. The van der Waals surface area contributed by atoms with Crippen molar-refractivity contribution in [2.45, 2.75) is 13.5 Å². The Bertz CT molecular complexity index is 1540. The van der Waals surface area contributed by atoms with Crippen molar-refractivity contribution in [1.82, 2.24) is 4.90 Å². The molecule has 0 aromatic heterocycles. The minimum Gasteiger partial charge on any atom is -0.489 e. The van der Waals surface area contributed by atoms with E-state index in [0.717, 1.165) is 10.5 Å². The van der Waals surface area contributed by atoms with Crippen molar-refractivity contribution < 1.29 is 33.6 Å². The number of nitrogens with zero attached hydrogens (tertiary/aromatic N) is 2. The third kappa shape index (κ3) is 7.50. The normalized spacial score (nSPS) is 13.8. The highest BCUT2D eigenvalue weighted by atomic mass is 35.5. The lowest BCUT2D eigenvalue weighted by molar-refractivity contribution is -0.384. The number of ether oxygens (including phenoxy) is 2. The van der Waals surface area contributed by atoms with Gasteiger partial charge in [-0.25, -0.2) is 4.79 Å². The molecule has 0 saturated carbocycles. The summed E-state index contributed by atoms with van der Waals surface area (Å²) in [4.78, 5) is 61.2. The second-order valence-corrected chi connectivity index (χ2v) is 9.91. The molecule has 1 aliphatic heterocycles. The van der Waals surface area contributed by atoms with Crippen LogP contribution in [0.4, 0.5) is 16.2 Å². The minimum atomic E-state index is -0.645. The highest BCUT2D eigenvalue weighted by molar-refractivity contribution is 8.18. The van der Waals surface area contributed by atoms with Crippen LogP contribution in [0, 0.1) is 10.1 Å². The van der Waals surface area contributed by atoms with E-state index in [-0.39, 0.29) is 40.1 Å². The molecule has 4 rings (SSSR count). The van der Waals surface area contributed by atoms with E-state index in [2.05, 4.69) is 5.32 Å². The van der Waals surface area contributed by atoms with Gasteiger partial charge >= 0.3 is 5.97 Å². The number of hydrogen-bond acceptors (Lipinski definition) is 9. The van der Waals surface area contributed by atoms with E-state index >= 15 is 0 Å². The van der Waals surface area contributed by atoms with E-state index in [4.69, 9.17) is 21.1 Å². The number of nitro benzene ring substituents is 1. The second kappa shape index (κ2) is 13.1. The largest absolute Gasteiger partial charge is 0.489 e. The van der Waals surface area contributed by atoms with E-state index in [1.54, 1.807) is 43.3 Å². The van der Waals surface area contributed by atoms with Crippen LogP contribution in [-0.2, 0) is 20.9 Å². The molecule has 1 heterocycles. The molecular formula is C28H22ClN3O8S. The summed E-state index contributed by atoms with van der Waals surface area (Å²) < 4.78 is 10.6. The molecule has 3 aromatic carbocycles. The fourth-order valence-electron chi connectivity index (χ4n) is 3.64. The maximum absolute atomic E-state index is 12.9. The number of imide groups is 1. The number of benzene rings is 3. The molecule has 41 heavy (non-hydrogen) atoms. The van der Waals surface area contributed by atoms with E-state index in [1.807, 2.05) is 0 Å². The van der Waals surface area contributed by atoms with Crippen LogP contribution < -0.4 is 10.1 Å². The zero-order valence-electron chi connectivity index (χ0n) is 21.5. The first-order chi connectivity index (χ1) is 19.6. The molecule has 0 aliphatic carbocycles. The quantitative estimate of drug-likeness (QED) is 0.135. The predicted molar refractivity (Wildman–Crippen MR) is 153 cm³/mol. The number of carbonyl (C=O) groups is 4. The van der Waals surface area contributed by atoms with Gasteiger partial charge in [0.2, 0.25) is 5.91 Å². The summed E-state index contributed by atoms with van der Waals surface area (Å²) >= 11 is 6.75. The van der Waals surface area contributed by atoms with Crippen molar-refractivity contribution in [3.8, 4) is 5.75 Å². The maximum atomic E-state index is 12.9. The number of nitrogens with one attached hydrogen (secondary N) is 1. The lowest BCUT2D eigenvalue weighted by Crippen LogP contribution is -2.36. The highest BCUT2D eigenvalue weighted by Crippen LogP contribution is 2.32. The van der Waals surface area contributed by atoms with Crippen molar-refractivity contribution >= 4 is 63.8 Å². The monoisotopic (exact) mass is 595 g/mol. The molecule has 210 valence electrons. The van der Waals surface area contributed by atoms with Crippen LogP contribution in [0.25, 0.3) is 6.08 Å². The highest BCUT2D eigenvalue weighted by Gasteiger charge is 2.36. The third-order valence-corrected chi connectivity index (χ3v) is 6.89. The van der Waals surface area contributed by atoms with Crippen LogP contribution in [0.1, 0.15) is 28.4 Å². The van der Waals surface area contributed by atoms with Crippen molar-refractivity contribution in [2.75, 3.05) is 18.5 Å². The van der Waals surface area contributed by atoms with Crippen LogP contribution in [-0.4, -0.2) is 46.0 Å². The Kier molecular flexibility index (Phi) is 9.37. The Morgan fingerprint density at radius 3 is 2.44 bits per heavy atom. The topological polar surface area (TPSA) is 145 Å². The smallest absolute Gasteiger partial charge is 0.339 e. The lowest BCUT2D eigenvalue weighted by atomic mass is 10.2. The van der Waals surface area contributed by atoms with E-state index in [9.17, 15) is 29.3 Å². The molecule has 0 spiro atoms. The summed E-state index contributed by atoms with van der Waals surface area (Å²) in [6, 6.07) is 17.1. The van der Waals surface area contributed by atoms with Gasteiger partial charge in [-0.05, 0) is 78.4 Å². The van der Waals surface area contributed by atoms with Gasteiger partial charge in [0.1, 0.15) is 18.9 Å². The number of anilines is 1. The molecule has 0 unspecified atom stereocenters. The van der Waals surface area contributed by atoms with Crippen LogP contribution >= 0.6 is 23.4 Å². The minimum absolute atomic E-state index is 0.00525. The van der Waals surface area contributed by atoms with Crippen LogP contribution in [0.15, 0.2) is 71.6 Å². The summed E-state index contributed by atoms with van der Waals surface area (Å²) in [5, 5.41) is 12.9. The first-order valence-electron chi connectivity index (χ1n) is 12.1. The number of carbonyl (C=O) groups excluding carboxylic acids is 4. The lowest BCUT2D eigenvalue weighted by Gasteiger charge is -2.13.